The van der Waals surface area contributed by atoms with Crippen LogP contribution in [0, 0.1) is 0 Å². The summed E-state index contributed by atoms with van der Waals surface area (Å²) in [5, 5.41) is 8.64. The quantitative estimate of drug-likeness (QED) is 0.605. The highest BCUT2D eigenvalue weighted by molar-refractivity contribution is 7.99. The van der Waals surface area contributed by atoms with Gasteiger partial charge in [0, 0.05) is 82.0 Å². The number of likely N-dealkylation sites (tertiary alicyclic amines) is 1. The number of carbonyl (C=O) groups excluding carboxylic acids is 1. The monoisotopic (exact) mass is 488 g/mol. The number of amides is 1. The Labute approximate surface area is 208 Å². The van der Waals surface area contributed by atoms with Crippen molar-refractivity contribution in [3.63, 3.8) is 0 Å². The molecule has 8 nitrogen and oxygen atoms in total. The number of ether oxygens (including phenoxy) is 1. The second-order valence-electron chi connectivity index (χ2n) is 10.1. The van der Waals surface area contributed by atoms with E-state index in [1.165, 1.54) is 56.7 Å². The molecule has 0 unspecified atom stereocenters. The van der Waals surface area contributed by atoms with Crippen LogP contribution in [-0.2, 0) is 4.79 Å². The zero-order chi connectivity index (χ0) is 23.2. The summed E-state index contributed by atoms with van der Waals surface area (Å²) >= 11 is 2.05. The van der Waals surface area contributed by atoms with Crippen LogP contribution in [0.25, 0.3) is 0 Å². The van der Waals surface area contributed by atoms with E-state index in [2.05, 4.69) is 24.9 Å². The van der Waals surface area contributed by atoms with Crippen molar-refractivity contribution in [3.8, 4) is 5.88 Å². The Morgan fingerprint density at radius 3 is 2.18 bits per heavy atom. The van der Waals surface area contributed by atoms with Gasteiger partial charge in [-0.15, -0.1) is 10.2 Å². The highest BCUT2D eigenvalue weighted by Crippen LogP contribution is 2.25. The van der Waals surface area contributed by atoms with Gasteiger partial charge in [0.15, 0.2) is 12.4 Å². The van der Waals surface area contributed by atoms with Crippen LogP contribution in [0.4, 0.5) is 5.82 Å². The summed E-state index contributed by atoms with van der Waals surface area (Å²) in [5.74, 6) is 3.86. The van der Waals surface area contributed by atoms with Crippen LogP contribution >= 0.6 is 11.8 Å². The van der Waals surface area contributed by atoms with Crippen molar-refractivity contribution in [1.82, 2.24) is 24.9 Å². The summed E-state index contributed by atoms with van der Waals surface area (Å²) in [7, 11) is 0. The third kappa shape index (κ3) is 6.15. The van der Waals surface area contributed by atoms with Crippen LogP contribution in [0.5, 0.6) is 5.88 Å². The molecule has 0 atom stereocenters. The Morgan fingerprint density at radius 2 is 1.50 bits per heavy atom. The van der Waals surface area contributed by atoms with Crippen molar-refractivity contribution in [2.24, 2.45) is 0 Å². The lowest BCUT2D eigenvalue weighted by Gasteiger charge is -2.41. The number of thioether (sulfide) groups is 1. The van der Waals surface area contributed by atoms with Crippen LogP contribution in [0.15, 0.2) is 12.1 Å². The minimum absolute atomic E-state index is 0.0408. The Balaban J connectivity index is 1.02. The first-order chi connectivity index (χ1) is 16.8. The van der Waals surface area contributed by atoms with Crippen LogP contribution < -0.4 is 9.64 Å². The van der Waals surface area contributed by atoms with E-state index in [1.54, 1.807) is 0 Å². The van der Waals surface area contributed by atoms with Gasteiger partial charge in [-0.2, -0.15) is 11.8 Å². The molecule has 4 heterocycles. The van der Waals surface area contributed by atoms with Gasteiger partial charge in [0.05, 0.1) is 0 Å². The summed E-state index contributed by atoms with van der Waals surface area (Å²) in [6.07, 6.45) is 9.04. The van der Waals surface area contributed by atoms with Crippen molar-refractivity contribution in [2.75, 3.05) is 75.4 Å². The van der Waals surface area contributed by atoms with E-state index in [0.717, 1.165) is 64.0 Å². The number of nitrogens with zero attached hydrogens (tertiary/aromatic N) is 6. The molecule has 0 bridgehead atoms. The van der Waals surface area contributed by atoms with Crippen LogP contribution in [0.3, 0.4) is 0 Å². The van der Waals surface area contributed by atoms with E-state index in [4.69, 9.17) is 4.74 Å². The topological polar surface area (TPSA) is 65.0 Å². The summed E-state index contributed by atoms with van der Waals surface area (Å²) in [4.78, 5) is 22.2. The summed E-state index contributed by atoms with van der Waals surface area (Å²) in [6.45, 7) is 8.28. The lowest BCUT2D eigenvalue weighted by atomic mass is 9.94. The molecule has 34 heavy (non-hydrogen) atoms. The van der Waals surface area contributed by atoms with E-state index in [0.29, 0.717) is 11.9 Å². The van der Waals surface area contributed by atoms with E-state index < -0.39 is 0 Å². The van der Waals surface area contributed by atoms with Crippen LogP contribution in [0.1, 0.15) is 44.9 Å². The average Bonchev–Trinajstić information content (AvgIpc) is 2.93. The normalized spacial score (nSPS) is 24.4. The van der Waals surface area contributed by atoms with Crippen molar-refractivity contribution < 1.29 is 9.53 Å². The average molecular weight is 489 g/mol. The van der Waals surface area contributed by atoms with Gasteiger partial charge in [0.25, 0.3) is 5.91 Å². The molecular weight excluding hydrogens is 448 g/mol. The maximum atomic E-state index is 12.7. The maximum absolute atomic E-state index is 12.7. The van der Waals surface area contributed by atoms with Gasteiger partial charge in [-0.3, -0.25) is 14.6 Å². The number of rotatable bonds is 6. The fourth-order valence-electron chi connectivity index (χ4n) is 5.97. The van der Waals surface area contributed by atoms with Gasteiger partial charge < -0.3 is 14.5 Å². The van der Waals surface area contributed by atoms with Gasteiger partial charge >= 0.3 is 0 Å². The number of aromatic nitrogens is 2. The number of piperidine rings is 1. The first-order valence-corrected chi connectivity index (χ1v) is 14.5. The Morgan fingerprint density at radius 1 is 0.824 bits per heavy atom. The van der Waals surface area contributed by atoms with Crippen molar-refractivity contribution in [2.45, 2.75) is 57.0 Å². The first kappa shape index (κ1) is 24.1. The molecule has 0 radical (unpaired) electrons. The second kappa shape index (κ2) is 11.9. The molecule has 3 saturated heterocycles. The number of piperazine rings is 1. The van der Waals surface area contributed by atoms with Gasteiger partial charge in [-0.1, -0.05) is 19.3 Å². The molecule has 1 amide bonds. The number of hydrogen-bond acceptors (Lipinski definition) is 8. The molecule has 0 aromatic carbocycles. The molecule has 1 saturated carbocycles. The first-order valence-electron chi connectivity index (χ1n) is 13.3. The highest BCUT2D eigenvalue weighted by Gasteiger charge is 2.28. The predicted molar refractivity (Wildman–Crippen MR) is 137 cm³/mol. The fraction of sp³-hybridized carbons (Fsp3) is 0.800. The van der Waals surface area contributed by atoms with E-state index in [9.17, 15) is 4.79 Å². The summed E-state index contributed by atoms with van der Waals surface area (Å²) in [5.41, 5.74) is 0. The minimum atomic E-state index is 0.0408. The van der Waals surface area contributed by atoms with Crippen molar-refractivity contribution in [1.29, 1.82) is 0 Å². The largest absolute Gasteiger partial charge is 0.466 e. The lowest BCUT2D eigenvalue weighted by molar-refractivity contribution is -0.135. The molecule has 1 aliphatic carbocycles. The van der Waals surface area contributed by atoms with Gasteiger partial charge in [0.2, 0.25) is 5.88 Å². The molecule has 9 heteroatoms. The maximum Gasteiger partial charge on any atom is 0.260 e. The molecule has 0 N–H and O–H groups in total. The van der Waals surface area contributed by atoms with Gasteiger partial charge in [-0.25, -0.2) is 0 Å². The Hall–Kier alpha value is -1.58. The Bertz CT molecular complexity index is 768. The summed E-state index contributed by atoms with van der Waals surface area (Å²) in [6, 6.07) is 5.24. The molecule has 1 aromatic rings. The van der Waals surface area contributed by atoms with Crippen LogP contribution in [-0.4, -0.2) is 113 Å². The molecule has 5 rings (SSSR count). The highest BCUT2D eigenvalue weighted by atomic mass is 32.2. The van der Waals surface area contributed by atoms with Crippen LogP contribution in [0.2, 0.25) is 0 Å². The molecule has 188 valence electrons. The minimum Gasteiger partial charge on any atom is -0.466 e. The third-order valence-electron chi connectivity index (χ3n) is 8.08. The van der Waals surface area contributed by atoms with E-state index in [-0.39, 0.29) is 12.5 Å². The molecule has 0 spiro atoms. The summed E-state index contributed by atoms with van der Waals surface area (Å²) < 4.78 is 5.70. The number of anilines is 1. The van der Waals surface area contributed by atoms with Crippen molar-refractivity contribution in [3.05, 3.63) is 12.1 Å². The van der Waals surface area contributed by atoms with E-state index in [1.807, 2.05) is 28.8 Å². The smallest absolute Gasteiger partial charge is 0.260 e. The number of hydrogen-bond donors (Lipinski definition) is 0. The molecule has 4 aliphatic rings. The molecule has 1 aromatic heterocycles. The molecular formula is C25H40N6O2S. The number of carbonyl (C=O) groups is 1. The molecule has 4 fully saturated rings. The second-order valence-corrected chi connectivity index (χ2v) is 11.3. The zero-order valence-corrected chi connectivity index (χ0v) is 21.3. The third-order valence-corrected chi connectivity index (χ3v) is 9.02. The zero-order valence-electron chi connectivity index (χ0n) is 20.4. The SMILES string of the molecule is O=C(COc1ccc(N2CCN(C3CCCCC3)CC2)nn1)N1CCC(N2CCSCC2)CC1. The molecule has 3 aliphatic heterocycles. The predicted octanol–water partition coefficient (Wildman–Crippen LogP) is 2.35. The van der Waals surface area contributed by atoms with Gasteiger partial charge in [0.1, 0.15) is 0 Å². The van der Waals surface area contributed by atoms with Crippen molar-refractivity contribution >= 4 is 23.5 Å². The van der Waals surface area contributed by atoms with E-state index >= 15 is 0 Å². The standard InChI is InChI=1S/C25H40N6O2S/c32-25(31-10-8-22(9-11-31)29-16-18-34-19-17-29)20-33-24-7-6-23(26-27-24)30-14-12-28(13-15-30)21-4-2-1-3-5-21/h6-7,21-22H,1-5,8-20H2. The fourth-order valence-corrected chi connectivity index (χ4v) is 6.90. The lowest BCUT2D eigenvalue weighted by Crippen LogP contribution is -2.51. The van der Waals surface area contributed by atoms with Gasteiger partial charge in [-0.05, 0) is 31.7 Å². The Kier molecular flexibility index (Phi) is 8.45.